The summed E-state index contributed by atoms with van der Waals surface area (Å²) >= 11 is 0. The maximum atomic E-state index is 1.59. The first-order valence-electron chi connectivity index (χ1n) is 3.66. The van der Waals surface area contributed by atoms with Gasteiger partial charge < -0.3 is 0 Å². The van der Waals surface area contributed by atoms with E-state index in [1.807, 2.05) is 0 Å². The van der Waals surface area contributed by atoms with Crippen LogP contribution in [0.5, 0.6) is 0 Å². The van der Waals surface area contributed by atoms with Crippen LogP contribution in [-0.4, -0.2) is 11.3 Å². The summed E-state index contributed by atoms with van der Waals surface area (Å²) in [7, 11) is 1.35. The lowest BCUT2D eigenvalue weighted by Crippen LogP contribution is -2.12. The molecule has 2 aliphatic rings. The number of rotatable bonds is 0. The fourth-order valence-electron chi connectivity index (χ4n) is 1.71. The summed E-state index contributed by atoms with van der Waals surface area (Å²) in [5.74, 6) is 0. The molecule has 1 aliphatic carbocycles. The molecule has 1 heterocycles. The zero-order chi connectivity index (χ0) is 5.45. The summed E-state index contributed by atoms with van der Waals surface area (Å²) < 4.78 is 0. The van der Waals surface area contributed by atoms with E-state index in [0.29, 0.717) is 0 Å². The molecular weight excluding hydrogens is 115 g/mol. The van der Waals surface area contributed by atoms with Crippen molar-refractivity contribution in [2.75, 3.05) is 6.16 Å². The maximum Gasteiger partial charge on any atom is -0.00846 e. The molecule has 1 aliphatic heterocycles. The van der Waals surface area contributed by atoms with Crippen molar-refractivity contribution in [3.8, 4) is 0 Å². The molecule has 1 saturated heterocycles. The summed E-state index contributed by atoms with van der Waals surface area (Å²) in [5.41, 5.74) is 0. The lowest BCUT2D eigenvalue weighted by atomic mass is 9.91. The third-order valence-corrected chi connectivity index (χ3v) is 4.34. The Labute approximate surface area is 52.8 Å². The van der Waals surface area contributed by atoms with Gasteiger partial charge in [-0.3, -0.25) is 0 Å². The van der Waals surface area contributed by atoms with Gasteiger partial charge in [-0.05, 0) is 24.2 Å². The molecule has 0 aromatic rings. The highest BCUT2D eigenvalue weighted by Gasteiger charge is 2.42. The predicted octanol–water partition coefficient (Wildman–Crippen LogP) is 2.38. The average Bonchev–Trinajstić information content (AvgIpc) is 2.52. The molecule has 1 heteroatoms. The molecule has 0 bridgehead atoms. The predicted molar refractivity (Wildman–Crippen MR) is 39.0 cm³/mol. The van der Waals surface area contributed by atoms with Crippen LogP contribution >= 0.6 is 8.58 Å². The van der Waals surface area contributed by atoms with Crippen molar-refractivity contribution in [1.82, 2.24) is 0 Å². The first-order chi connectivity index (χ1) is 3.91. The minimum atomic E-state index is 0.957. The van der Waals surface area contributed by atoms with Crippen molar-refractivity contribution in [3.63, 3.8) is 0 Å². The van der Waals surface area contributed by atoms with Gasteiger partial charge in [-0.15, -0.1) is 8.58 Å². The van der Waals surface area contributed by atoms with Crippen LogP contribution in [-0.2, 0) is 0 Å². The zero-order valence-corrected chi connectivity index (χ0v) is 6.24. The van der Waals surface area contributed by atoms with Gasteiger partial charge in [0.25, 0.3) is 0 Å². The van der Waals surface area contributed by atoms with Crippen LogP contribution < -0.4 is 0 Å². The molecule has 0 aromatic heterocycles. The van der Waals surface area contributed by atoms with E-state index in [1.54, 1.807) is 19.0 Å². The van der Waals surface area contributed by atoms with Crippen LogP contribution in [0.2, 0.25) is 0 Å². The van der Waals surface area contributed by atoms with Crippen molar-refractivity contribution < 1.29 is 0 Å². The van der Waals surface area contributed by atoms with Gasteiger partial charge in [-0.25, -0.2) is 0 Å². The van der Waals surface area contributed by atoms with Gasteiger partial charge in [0.15, 0.2) is 0 Å². The molecule has 0 N–H and O–H groups in total. The van der Waals surface area contributed by atoms with Gasteiger partial charge >= 0.3 is 0 Å². The van der Waals surface area contributed by atoms with Crippen molar-refractivity contribution >= 4 is 8.58 Å². The Morgan fingerprint density at radius 2 is 1.62 bits per heavy atom. The Kier molecular flexibility index (Phi) is 1.11. The second kappa shape index (κ2) is 1.70. The van der Waals surface area contributed by atoms with Crippen LogP contribution in [0.4, 0.5) is 0 Å². The van der Waals surface area contributed by atoms with Gasteiger partial charge in [0.2, 0.25) is 0 Å². The topological polar surface area (TPSA) is 0 Å². The Morgan fingerprint density at radius 1 is 1.00 bits per heavy atom. The van der Waals surface area contributed by atoms with E-state index in [1.165, 1.54) is 27.8 Å². The summed E-state index contributed by atoms with van der Waals surface area (Å²) in [5, 5.41) is 0.957. The molecule has 0 amide bonds. The minimum absolute atomic E-state index is 0.957. The van der Waals surface area contributed by atoms with E-state index in [4.69, 9.17) is 0 Å². The van der Waals surface area contributed by atoms with E-state index < -0.39 is 0 Å². The van der Waals surface area contributed by atoms with Gasteiger partial charge in [0.05, 0.1) is 0 Å². The lowest BCUT2D eigenvalue weighted by molar-refractivity contribution is 0.455. The van der Waals surface area contributed by atoms with Crippen LogP contribution in [0.3, 0.4) is 0 Å². The van der Waals surface area contributed by atoms with Crippen molar-refractivity contribution in [1.29, 1.82) is 0 Å². The molecule has 2 rings (SSSR count). The van der Waals surface area contributed by atoms with E-state index in [2.05, 4.69) is 0 Å². The monoisotopic (exact) mass is 128 g/mol. The van der Waals surface area contributed by atoms with Crippen molar-refractivity contribution in [2.24, 2.45) is 0 Å². The minimum Gasteiger partial charge on any atom is -0.114 e. The molecule has 46 valence electrons. The Hall–Kier alpha value is 0.430. The largest absolute Gasteiger partial charge is 0.114 e. The molecule has 1 saturated carbocycles. The van der Waals surface area contributed by atoms with Crippen molar-refractivity contribution in [3.05, 3.63) is 0 Å². The first kappa shape index (κ1) is 5.23. The van der Waals surface area contributed by atoms with Gasteiger partial charge in [-0.1, -0.05) is 19.3 Å². The van der Waals surface area contributed by atoms with E-state index >= 15 is 0 Å². The highest BCUT2D eigenvalue weighted by molar-refractivity contribution is 7.49. The summed E-state index contributed by atoms with van der Waals surface area (Å²) in [6.45, 7) is 0. The molecule has 2 fully saturated rings. The molecule has 1 unspecified atom stereocenters. The normalized spacial score (nSPS) is 36.0. The maximum absolute atomic E-state index is 1.59. The van der Waals surface area contributed by atoms with Crippen molar-refractivity contribution in [2.45, 2.75) is 37.3 Å². The Bertz CT molecular complexity index is 86.6. The summed E-state index contributed by atoms with van der Waals surface area (Å²) in [6, 6.07) is 0. The first-order valence-corrected chi connectivity index (χ1v) is 4.87. The summed E-state index contributed by atoms with van der Waals surface area (Å²) in [4.78, 5) is 0. The fraction of sp³-hybridized carbons (Fsp3) is 1.00. The molecule has 0 nitrogen and oxygen atoms in total. The zero-order valence-electron chi connectivity index (χ0n) is 5.24. The average molecular weight is 128 g/mol. The quantitative estimate of drug-likeness (QED) is 0.439. The van der Waals surface area contributed by atoms with E-state index in [0.717, 1.165) is 5.16 Å². The van der Waals surface area contributed by atoms with E-state index in [-0.39, 0.29) is 0 Å². The third kappa shape index (κ3) is 0.796. The van der Waals surface area contributed by atoms with Crippen LogP contribution in [0.25, 0.3) is 0 Å². The summed E-state index contributed by atoms with van der Waals surface area (Å²) in [6.07, 6.45) is 9.33. The second-order valence-corrected chi connectivity index (χ2v) is 4.96. The van der Waals surface area contributed by atoms with Crippen LogP contribution in [0, 0.1) is 0 Å². The lowest BCUT2D eigenvalue weighted by Gasteiger charge is -2.18. The van der Waals surface area contributed by atoms with Crippen LogP contribution in [0.15, 0.2) is 0 Å². The molecule has 1 spiro atoms. The van der Waals surface area contributed by atoms with Gasteiger partial charge in [0.1, 0.15) is 0 Å². The Balaban J connectivity index is 1.95. The highest BCUT2D eigenvalue weighted by atomic mass is 31.1. The molecule has 0 radical (unpaired) electrons. The second-order valence-electron chi connectivity index (χ2n) is 3.19. The standard InChI is InChI=1S/C7H13P/c1-2-4-7(5-3-1)6-8-7/h8H,1-6H2. The molecular formula is C7H13P. The fourth-order valence-corrected chi connectivity index (χ4v) is 3.02. The smallest absolute Gasteiger partial charge is 0.00846 e. The molecule has 1 atom stereocenters. The highest BCUT2D eigenvalue weighted by Crippen LogP contribution is 2.59. The SMILES string of the molecule is C1CCC2(CC1)CP2. The molecule has 8 heavy (non-hydrogen) atoms. The third-order valence-electron chi connectivity index (χ3n) is 2.49. The number of hydrogen-bond donors (Lipinski definition) is 0. The van der Waals surface area contributed by atoms with Gasteiger partial charge in [0, 0.05) is 0 Å². The van der Waals surface area contributed by atoms with E-state index in [9.17, 15) is 0 Å². The Morgan fingerprint density at radius 3 is 2.00 bits per heavy atom. The van der Waals surface area contributed by atoms with Crippen LogP contribution in [0.1, 0.15) is 32.1 Å². The van der Waals surface area contributed by atoms with Gasteiger partial charge in [-0.2, -0.15) is 0 Å². The molecule has 0 aromatic carbocycles. The number of hydrogen-bond acceptors (Lipinski definition) is 0.